The van der Waals surface area contributed by atoms with Crippen LogP contribution in [0.5, 0.6) is 5.75 Å². The number of anilines is 1. The Morgan fingerprint density at radius 3 is 2.46 bits per heavy atom. The Kier molecular flexibility index (Phi) is 6.02. The number of ether oxygens (including phenoxy) is 2. The second kappa shape index (κ2) is 8.30. The highest BCUT2D eigenvalue weighted by molar-refractivity contribution is 7.89. The number of rotatable bonds is 5. The van der Waals surface area contributed by atoms with Crippen LogP contribution in [0, 0.1) is 0 Å². The molecule has 2 atom stereocenters. The van der Waals surface area contributed by atoms with Gasteiger partial charge in [0.05, 0.1) is 29.9 Å². The van der Waals surface area contributed by atoms with Crippen molar-refractivity contribution in [3.63, 3.8) is 0 Å². The maximum Gasteiger partial charge on any atom is 0.255 e. The minimum atomic E-state index is -3.72. The van der Waals surface area contributed by atoms with Crippen LogP contribution in [0.25, 0.3) is 0 Å². The van der Waals surface area contributed by atoms with E-state index >= 15 is 0 Å². The van der Waals surface area contributed by atoms with Crippen LogP contribution in [0.2, 0.25) is 0 Å². The molecule has 2 unspecified atom stereocenters. The van der Waals surface area contributed by atoms with Crippen LogP contribution in [0.3, 0.4) is 0 Å². The molecule has 0 saturated carbocycles. The monoisotopic (exact) mass is 404 g/mol. The Balaban J connectivity index is 1.84. The third-order valence-corrected chi connectivity index (χ3v) is 6.30. The van der Waals surface area contributed by atoms with E-state index in [-0.39, 0.29) is 35.8 Å². The van der Waals surface area contributed by atoms with Crippen LogP contribution in [0.4, 0.5) is 5.69 Å². The number of carbonyl (C=O) groups excluding carboxylic acids is 1. The first-order chi connectivity index (χ1) is 13.3. The molecule has 1 aliphatic rings. The zero-order valence-electron chi connectivity index (χ0n) is 16.1. The second-order valence-corrected chi connectivity index (χ2v) is 8.70. The van der Waals surface area contributed by atoms with Crippen molar-refractivity contribution in [2.45, 2.75) is 31.0 Å². The number of carbonyl (C=O) groups is 1. The SMILES string of the molecule is COc1ccccc1NC(=O)c1cccc(S(=O)(=O)N2CC(C)OC(C)C2)c1. The molecule has 2 aromatic rings. The number of nitrogens with zero attached hydrogens (tertiary/aromatic N) is 1. The van der Waals surface area contributed by atoms with E-state index in [0.717, 1.165) is 0 Å². The van der Waals surface area contributed by atoms with Crippen molar-refractivity contribution in [1.29, 1.82) is 0 Å². The first-order valence-electron chi connectivity index (χ1n) is 9.01. The zero-order chi connectivity index (χ0) is 20.3. The van der Waals surface area contributed by atoms with Crippen LogP contribution in [0.15, 0.2) is 53.4 Å². The summed E-state index contributed by atoms with van der Waals surface area (Å²) in [5, 5.41) is 2.76. The average molecular weight is 404 g/mol. The standard InChI is InChI=1S/C20H24N2O5S/c1-14-12-22(13-15(2)27-14)28(24,25)17-8-6-7-16(11-17)20(23)21-18-9-4-5-10-19(18)26-3/h4-11,14-15H,12-13H2,1-3H3,(H,21,23). The van der Waals surface area contributed by atoms with E-state index in [1.54, 1.807) is 36.4 Å². The van der Waals surface area contributed by atoms with Gasteiger partial charge < -0.3 is 14.8 Å². The fourth-order valence-corrected chi connectivity index (χ4v) is 4.85. The third kappa shape index (κ3) is 4.35. The van der Waals surface area contributed by atoms with E-state index in [4.69, 9.17) is 9.47 Å². The second-order valence-electron chi connectivity index (χ2n) is 6.76. The minimum absolute atomic E-state index is 0.0847. The molecule has 0 bridgehead atoms. The van der Waals surface area contributed by atoms with Gasteiger partial charge in [0.15, 0.2) is 0 Å². The van der Waals surface area contributed by atoms with Gasteiger partial charge in [0.25, 0.3) is 5.91 Å². The molecular weight excluding hydrogens is 380 g/mol. The molecule has 8 heteroatoms. The minimum Gasteiger partial charge on any atom is -0.495 e. The Morgan fingerprint density at radius 2 is 1.79 bits per heavy atom. The molecule has 0 aliphatic carbocycles. The molecule has 1 aliphatic heterocycles. The summed E-state index contributed by atoms with van der Waals surface area (Å²) >= 11 is 0. The summed E-state index contributed by atoms with van der Waals surface area (Å²) in [6, 6.07) is 13.1. The van der Waals surface area contributed by atoms with Gasteiger partial charge in [-0.15, -0.1) is 0 Å². The van der Waals surface area contributed by atoms with Gasteiger partial charge in [-0.1, -0.05) is 18.2 Å². The van der Waals surface area contributed by atoms with Gasteiger partial charge in [-0.3, -0.25) is 4.79 Å². The first-order valence-corrected chi connectivity index (χ1v) is 10.5. The maximum absolute atomic E-state index is 13.0. The van der Waals surface area contributed by atoms with E-state index in [2.05, 4.69) is 5.32 Å². The highest BCUT2D eigenvalue weighted by Gasteiger charge is 2.32. The first kappa shape index (κ1) is 20.3. The molecule has 1 amide bonds. The normalized spacial score (nSPS) is 20.5. The summed E-state index contributed by atoms with van der Waals surface area (Å²) in [5.41, 5.74) is 0.764. The Hall–Kier alpha value is -2.42. The number of sulfonamides is 1. The van der Waals surface area contributed by atoms with Crippen LogP contribution >= 0.6 is 0 Å². The number of nitrogens with one attached hydrogen (secondary N) is 1. The molecular formula is C20H24N2O5S. The van der Waals surface area contributed by atoms with E-state index in [0.29, 0.717) is 11.4 Å². The number of morpholine rings is 1. The molecule has 28 heavy (non-hydrogen) atoms. The van der Waals surface area contributed by atoms with Crippen molar-refractivity contribution in [3.8, 4) is 5.75 Å². The van der Waals surface area contributed by atoms with Crippen molar-refractivity contribution in [2.24, 2.45) is 0 Å². The molecule has 0 aromatic heterocycles. The van der Waals surface area contributed by atoms with Crippen molar-refractivity contribution in [3.05, 3.63) is 54.1 Å². The predicted molar refractivity (Wildman–Crippen MR) is 106 cm³/mol. The van der Waals surface area contributed by atoms with E-state index in [9.17, 15) is 13.2 Å². The quantitative estimate of drug-likeness (QED) is 0.828. The molecule has 1 fully saturated rings. The Labute approximate surface area is 165 Å². The highest BCUT2D eigenvalue weighted by atomic mass is 32.2. The lowest BCUT2D eigenvalue weighted by molar-refractivity contribution is -0.0440. The van der Waals surface area contributed by atoms with E-state index in [1.165, 1.54) is 23.5 Å². The molecule has 1 heterocycles. The van der Waals surface area contributed by atoms with Gasteiger partial charge >= 0.3 is 0 Å². The van der Waals surface area contributed by atoms with Crippen LogP contribution < -0.4 is 10.1 Å². The van der Waals surface area contributed by atoms with Gasteiger partial charge in [0.1, 0.15) is 5.75 Å². The lowest BCUT2D eigenvalue weighted by atomic mass is 10.2. The number of hydrogen-bond donors (Lipinski definition) is 1. The van der Waals surface area contributed by atoms with Gasteiger partial charge in [-0.25, -0.2) is 8.42 Å². The highest BCUT2D eigenvalue weighted by Crippen LogP contribution is 2.25. The van der Waals surface area contributed by atoms with Crippen molar-refractivity contribution < 1.29 is 22.7 Å². The summed E-state index contributed by atoms with van der Waals surface area (Å²) in [6.45, 7) is 4.25. The van der Waals surface area contributed by atoms with Crippen LogP contribution in [-0.2, 0) is 14.8 Å². The summed E-state index contributed by atoms with van der Waals surface area (Å²) in [4.78, 5) is 12.7. The number of para-hydroxylation sites is 2. The third-order valence-electron chi connectivity index (χ3n) is 4.48. The molecule has 2 aromatic carbocycles. The van der Waals surface area contributed by atoms with Gasteiger partial charge in [-0.2, -0.15) is 4.31 Å². The topological polar surface area (TPSA) is 84.9 Å². The molecule has 0 radical (unpaired) electrons. The lowest BCUT2D eigenvalue weighted by Gasteiger charge is -2.34. The van der Waals surface area contributed by atoms with Gasteiger partial charge in [0.2, 0.25) is 10.0 Å². The number of hydrogen-bond acceptors (Lipinski definition) is 5. The van der Waals surface area contributed by atoms with Crippen molar-refractivity contribution >= 4 is 21.6 Å². The molecule has 3 rings (SSSR count). The number of methoxy groups -OCH3 is 1. The number of amides is 1. The summed E-state index contributed by atoms with van der Waals surface area (Å²) in [6.07, 6.45) is -0.369. The number of benzene rings is 2. The zero-order valence-corrected chi connectivity index (χ0v) is 16.9. The van der Waals surface area contributed by atoms with E-state index < -0.39 is 15.9 Å². The fraction of sp³-hybridized carbons (Fsp3) is 0.350. The largest absolute Gasteiger partial charge is 0.495 e. The van der Waals surface area contributed by atoms with Gasteiger partial charge in [0, 0.05) is 18.7 Å². The Bertz CT molecular complexity index is 951. The van der Waals surface area contributed by atoms with Crippen molar-refractivity contribution in [2.75, 3.05) is 25.5 Å². The lowest BCUT2D eigenvalue weighted by Crippen LogP contribution is -2.48. The summed E-state index contributed by atoms with van der Waals surface area (Å²) in [5.74, 6) is 0.112. The molecule has 150 valence electrons. The Morgan fingerprint density at radius 1 is 1.11 bits per heavy atom. The van der Waals surface area contributed by atoms with Crippen molar-refractivity contribution in [1.82, 2.24) is 4.31 Å². The molecule has 7 nitrogen and oxygen atoms in total. The maximum atomic E-state index is 13.0. The summed E-state index contributed by atoms with van der Waals surface area (Å²) in [7, 11) is -2.20. The fourth-order valence-electron chi connectivity index (χ4n) is 3.22. The molecule has 1 saturated heterocycles. The predicted octanol–water partition coefficient (Wildman–Crippen LogP) is 2.75. The molecule has 0 spiro atoms. The van der Waals surface area contributed by atoms with Gasteiger partial charge in [-0.05, 0) is 44.2 Å². The molecule has 1 N–H and O–H groups in total. The van der Waals surface area contributed by atoms with E-state index in [1.807, 2.05) is 13.8 Å². The smallest absolute Gasteiger partial charge is 0.255 e. The average Bonchev–Trinajstić information content (AvgIpc) is 2.67. The summed E-state index contributed by atoms with van der Waals surface area (Å²) < 4.78 is 38.3. The van der Waals surface area contributed by atoms with Crippen LogP contribution in [-0.4, -0.2) is 51.0 Å². The van der Waals surface area contributed by atoms with Crippen LogP contribution in [0.1, 0.15) is 24.2 Å².